The van der Waals surface area contributed by atoms with Crippen molar-refractivity contribution in [2.45, 2.75) is 13.8 Å². The van der Waals surface area contributed by atoms with Gasteiger partial charge in [-0.05, 0) is 44.2 Å². The Morgan fingerprint density at radius 2 is 1.83 bits per heavy atom. The molecule has 0 fully saturated rings. The molecule has 0 radical (unpaired) electrons. The number of hydrogen-bond donors (Lipinski definition) is 0. The van der Waals surface area contributed by atoms with E-state index in [-0.39, 0.29) is 11.6 Å². The number of nitro benzene ring substituents is 1. The van der Waals surface area contributed by atoms with E-state index in [9.17, 15) is 14.9 Å². The fraction of sp³-hybridized carbons (Fsp3) is 0.235. The Bertz CT molecular complexity index is 712. The minimum absolute atomic E-state index is 0.0326. The number of nitro groups is 1. The summed E-state index contributed by atoms with van der Waals surface area (Å²) in [6, 6.07) is 9.64. The molecule has 6 heteroatoms. The van der Waals surface area contributed by atoms with Crippen molar-refractivity contribution in [1.82, 2.24) is 4.90 Å². The molecule has 1 aromatic carbocycles. The lowest BCUT2D eigenvalue weighted by Gasteiger charge is -2.15. The van der Waals surface area contributed by atoms with Gasteiger partial charge < -0.3 is 9.32 Å². The van der Waals surface area contributed by atoms with Crippen molar-refractivity contribution in [3.05, 3.63) is 58.3 Å². The summed E-state index contributed by atoms with van der Waals surface area (Å²) < 4.78 is 5.64. The number of benzene rings is 1. The Hall–Kier alpha value is -2.89. The lowest BCUT2D eigenvalue weighted by molar-refractivity contribution is -0.384. The molecule has 0 spiro atoms. The molecule has 0 bridgehead atoms. The standard InChI is InChI=1S/C17H18N2O4/c1-3-18(4-2)17(20)12-10-15-9-11-16(23-15)13-5-7-14(8-6-13)19(21)22/h5-12H,3-4H2,1-2H3. The van der Waals surface area contributed by atoms with Gasteiger partial charge in [0.25, 0.3) is 5.69 Å². The van der Waals surface area contributed by atoms with Gasteiger partial charge in [-0.2, -0.15) is 0 Å². The van der Waals surface area contributed by atoms with Crippen LogP contribution in [0.5, 0.6) is 0 Å². The zero-order valence-electron chi connectivity index (χ0n) is 13.1. The molecule has 2 rings (SSSR count). The van der Waals surface area contributed by atoms with Crippen LogP contribution in [-0.4, -0.2) is 28.8 Å². The average Bonchev–Trinajstić information content (AvgIpc) is 3.03. The van der Waals surface area contributed by atoms with Crippen LogP contribution in [-0.2, 0) is 4.79 Å². The highest BCUT2D eigenvalue weighted by molar-refractivity contribution is 5.91. The lowest BCUT2D eigenvalue weighted by atomic mass is 10.1. The van der Waals surface area contributed by atoms with Crippen molar-refractivity contribution in [3.8, 4) is 11.3 Å². The topological polar surface area (TPSA) is 76.6 Å². The van der Waals surface area contributed by atoms with Gasteiger partial charge in [0.15, 0.2) is 0 Å². The molecule has 23 heavy (non-hydrogen) atoms. The summed E-state index contributed by atoms with van der Waals surface area (Å²) in [5, 5.41) is 10.6. The smallest absolute Gasteiger partial charge is 0.269 e. The van der Waals surface area contributed by atoms with E-state index >= 15 is 0 Å². The number of nitrogens with zero attached hydrogens (tertiary/aromatic N) is 2. The van der Waals surface area contributed by atoms with Crippen LogP contribution in [0.25, 0.3) is 17.4 Å². The summed E-state index contributed by atoms with van der Waals surface area (Å²) in [4.78, 5) is 23.8. The van der Waals surface area contributed by atoms with Crippen LogP contribution in [0.1, 0.15) is 19.6 Å². The SMILES string of the molecule is CCN(CC)C(=O)C=Cc1ccc(-c2ccc([N+](=O)[O-])cc2)o1. The van der Waals surface area contributed by atoms with Crippen molar-refractivity contribution in [3.63, 3.8) is 0 Å². The van der Waals surface area contributed by atoms with Gasteiger partial charge in [-0.1, -0.05) is 0 Å². The summed E-state index contributed by atoms with van der Waals surface area (Å²) >= 11 is 0. The van der Waals surface area contributed by atoms with Crippen LogP contribution in [0.4, 0.5) is 5.69 Å². The zero-order valence-corrected chi connectivity index (χ0v) is 13.1. The first-order valence-electron chi connectivity index (χ1n) is 7.36. The molecule has 2 aromatic rings. The summed E-state index contributed by atoms with van der Waals surface area (Å²) in [5.41, 5.74) is 0.774. The summed E-state index contributed by atoms with van der Waals surface area (Å²) in [7, 11) is 0. The van der Waals surface area contributed by atoms with E-state index in [0.29, 0.717) is 24.6 Å². The number of likely N-dealkylation sites (N-methyl/N-ethyl adjacent to an activating group) is 1. The summed E-state index contributed by atoms with van der Waals surface area (Å²) in [6.45, 7) is 5.17. The molecule has 0 aliphatic rings. The van der Waals surface area contributed by atoms with Crippen molar-refractivity contribution in [2.24, 2.45) is 0 Å². The highest BCUT2D eigenvalue weighted by Gasteiger charge is 2.08. The van der Waals surface area contributed by atoms with Crippen molar-refractivity contribution in [2.75, 3.05) is 13.1 Å². The number of hydrogen-bond acceptors (Lipinski definition) is 4. The first-order valence-corrected chi connectivity index (χ1v) is 7.36. The summed E-state index contributed by atoms with van der Waals surface area (Å²) in [5.74, 6) is 1.08. The number of furan rings is 1. The van der Waals surface area contributed by atoms with Crippen LogP contribution < -0.4 is 0 Å². The molecule has 120 valence electrons. The van der Waals surface area contributed by atoms with Gasteiger partial charge in [0.05, 0.1) is 4.92 Å². The maximum atomic E-state index is 11.9. The minimum atomic E-state index is -0.446. The second-order valence-electron chi connectivity index (χ2n) is 4.85. The Kier molecular flexibility index (Phi) is 5.30. The molecular weight excluding hydrogens is 296 g/mol. The Labute approximate surface area is 134 Å². The minimum Gasteiger partial charge on any atom is -0.457 e. The number of rotatable bonds is 6. The predicted octanol–water partition coefficient (Wildman–Crippen LogP) is 3.74. The molecule has 1 heterocycles. The maximum absolute atomic E-state index is 11.9. The third kappa shape index (κ3) is 4.06. The zero-order chi connectivity index (χ0) is 16.8. The highest BCUT2D eigenvalue weighted by Crippen LogP contribution is 2.25. The van der Waals surface area contributed by atoms with Gasteiger partial charge >= 0.3 is 0 Å². The summed E-state index contributed by atoms with van der Waals surface area (Å²) in [6.07, 6.45) is 3.10. The lowest BCUT2D eigenvalue weighted by Crippen LogP contribution is -2.28. The van der Waals surface area contributed by atoms with Gasteiger partial charge in [-0.3, -0.25) is 14.9 Å². The van der Waals surface area contributed by atoms with Gasteiger partial charge in [0.1, 0.15) is 11.5 Å². The van der Waals surface area contributed by atoms with Crippen LogP contribution in [0.3, 0.4) is 0 Å². The maximum Gasteiger partial charge on any atom is 0.269 e. The third-order valence-electron chi connectivity index (χ3n) is 3.45. The molecule has 1 amide bonds. The average molecular weight is 314 g/mol. The molecule has 1 aromatic heterocycles. The van der Waals surface area contributed by atoms with Crippen LogP contribution in [0.15, 0.2) is 46.9 Å². The molecule has 0 N–H and O–H groups in total. The Balaban J connectivity index is 2.11. The van der Waals surface area contributed by atoms with Crippen molar-refractivity contribution < 1.29 is 14.1 Å². The van der Waals surface area contributed by atoms with Gasteiger partial charge in [-0.15, -0.1) is 0 Å². The molecule has 0 unspecified atom stereocenters. The second-order valence-corrected chi connectivity index (χ2v) is 4.85. The molecule has 0 atom stereocenters. The first-order chi connectivity index (χ1) is 11.0. The highest BCUT2D eigenvalue weighted by atomic mass is 16.6. The fourth-order valence-corrected chi connectivity index (χ4v) is 2.14. The molecule has 0 aliphatic heterocycles. The molecule has 6 nitrogen and oxygen atoms in total. The number of non-ortho nitro benzene ring substituents is 1. The Morgan fingerprint density at radius 3 is 2.39 bits per heavy atom. The fourth-order valence-electron chi connectivity index (χ4n) is 2.14. The number of carbonyl (C=O) groups excluding carboxylic acids is 1. The van der Waals surface area contributed by atoms with E-state index in [0.717, 1.165) is 5.56 Å². The van der Waals surface area contributed by atoms with E-state index < -0.39 is 4.92 Å². The second kappa shape index (κ2) is 7.40. The van der Waals surface area contributed by atoms with Gasteiger partial charge in [-0.25, -0.2) is 0 Å². The van der Waals surface area contributed by atoms with Crippen molar-refractivity contribution >= 4 is 17.7 Å². The quantitative estimate of drug-likeness (QED) is 0.462. The first kappa shape index (κ1) is 16.5. The largest absolute Gasteiger partial charge is 0.457 e. The molecule has 0 saturated carbocycles. The van der Waals surface area contributed by atoms with Crippen LogP contribution in [0.2, 0.25) is 0 Å². The normalized spacial score (nSPS) is 10.9. The number of carbonyl (C=O) groups is 1. The predicted molar refractivity (Wildman–Crippen MR) is 87.8 cm³/mol. The van der Waals surface area contributed by atoms with Gasteiger partial charge in [0.2, 0.25) is 5.91 Å². The van der Waals surface area contributed by atoms with E-state index in [1.807, 2.05) is 13.8 Å². The van der Waals surface area contributed by atoms with E-state index in [2.05, 4.69) is 0 Å². The number of amides is 1. The van der Waals surface area contributed by atoms with E-state index in [4.69, 9.17) is 4.42 Å². The molecule has 0 saturated heterocycles. The van der Waals surface area contributed by atoms with E-state index in [1.165, 1.54) is 18.2 Å². The van der Waals surface area contributed by atoms with Crippen LogP contribution in [0, 0.1) is 10.1 Å². The van der Waals surface area contributed by atoms with Gasteiger partial charge in [0, 0.05) is 36.9 Å². The monoisotopic (exact) mass is 314 g/mol. The molecular formula is C17H18N2O4. The Morgan fingerprint density at radius 1 is 1.17 bits per heavy atom. The van der Waals surface area contributed by atoms with Crippen molar-refractivity contribution in [1.29, 1.82) is 0 Å². The third-order valence-corrected chi connectivity index (χ3v) is 3.45. The van der Waals surface area contributed by atoms with E-state index in [1.54, 1.807) is 35.2 Å². The van der Waals surface area contributed by atoms with Crippen LogP contribution >= 0.6 is 0 Å². The molecule has 0 aliphatic carbocycles.